The quantitative estimate of drug-likeness (QED) is 0.681. The van der Waals surface area contributed by atoms with Gasteiger partial charge < -0.3 is 9.47 Å². The minimum Gasteiger partial charge on any atom is -0.493 e. The molecule has 0 spiro atoms. The molecule has 0 aliphatic heterocycles. The number of methoxy groups -OCH3 is 1. The van der Waals surface area contributed by atoms with Crippen molar-refractivity contribution in [1.82, 2.24) is 0 Å². The highest BCUT2D eigenvalue weighted by molar-refractivity contribution is 5.78. The van der Waals surface area contributed by atoms with Crippen molar-refractivity contribution in [2.24, 2.45) is 0 Å². The molecule has 0 fully saturated rings. The summed E-state index contributed by atoms with van der Waals surface area (Å²) in [6.07, 6.45) is 4.11. The van der Waals surface area contributed by atoms with E-state index in [2.05, 4.69) is 0 Å². The van der Waals surface area contributed by atoms with E-state index in [1.165, 1.54) is 5.56 Å². The van der Waals surface area contributed by atoms with E-state index in [0.717, 1.165) is 30.8 Å². The van der Waals surface area contributed by atoms with Gasteiger partial charge in [0.1, 0.15) is 5.78 Å². The van der Waals surface area contributed by atoms with Gasteiger partial charge in [-0.3, -0.25) is 4.79 Å². The zero-order valence-corrected chi connectivity index (χ0v) is 12.2. The molecule has 0 unspecified atom stereocenters. The van der Waals surface area contributed by atoms with E-state index in [1.54, 1.807) is 7.11 Å². The van der Waals surface area contributed by atoms with Crippen LogP contribution in [0.15, 0.2) is 18.2 Å². The Morgan fingerprint density at radius 2 is 1.95 bits per heavy atom. The van der Waals surface area contributed by atoms with Crippen LogP contribution in [0.5, 0.6) is 11.5 Å². The van der Waals surface area contributed by atoms with E-state index in [0.29, 0.717) is 25.2 Å². The molecule has 3 heteroatoms. The maximum Gasteiger partial charge on any atom is 0.161 e. The van der Waals surface area contributed by atoms with Gasteiger partial charge in [0.2, 0.25) is 0 Å². The second kappa shape index (κ2) is 8.57. The number of benzene rings is 1. The van der Waals surface area contributed by atoms with Crippen LogP contribution in [-0.4, -0.2) is 19.5 Å². The maximum atomic E-state index is 11.5. The predicted molar refractivity (Wildman–Crippen MR) is 77.0 cm³/mol. The van der Waals surface area contributed by atoms with Crippen LogP contribution in [0.1, 0.15) is 45.1 Å². The summed E-state index contributed by atoms with van der Waals surface area (Å²) in [4.78, 5) is 11.5. The molecule has 0 bridgehead atoms. The summed E-state index contributed by atoms with van der Waals surface area (Å²) < 4.78 is 10.8. The van der Waals surface area contributed by atoms with Crippen molar-refractivity contribution in [2.75, 3.05) is 13.7 Å². The number of hydrogen-bond donors (Lipinski definition) is 0. The number of ketones is 1. The van der Waals surface area contributed by atoms with Crippen LogP contribution in [0.3, 0.4) is 0 Å². The first-order chi connectivity index (χ1) is 9.21. The van der Waals surface area contributed by atoms with Crippen LogP contribution in [0.25, 0.3) is 0 Å². The highest BCUT2D eigenvalue weighted by atomic mass is 16.5. The summed E-state index contributed by atoms with van der Waals surface area (Å²) in [6.45, 7) is 4.61. The third kappa shape index (κ3) is 5.33. The monoisotopic (exact) mass is 264 g/mol. The van der Waals surface area contributed by atoms with E-state index in [1.807, 2.05) is 32.0 Å². The van der Waals surface area contributed by atoms with Crippen molar-refractivity contribution in [1.29, 1.82) is 0 Å². The molecule has 3 nitrogen and oxygen atoms in total. The highest BCUT2D eigenvalue weighted by Gasteiger charge is 2.06. The minimum atomic E-state index is 0.361. The molecule has 1 aromatic carbocycles. The lowest BCUT2D eigenvalue weighted by Crippen LogP contribution is -1.99. The Bertz CT molecular complexity index is 399. The largest absolute Gasteiger partial charge is 0.493 e. The summed E-state index contributed by atoms with van der Waals surface area (Å²) in [6, 6.07) is 5.97. The third-order valence-electron chi connectivity index (χ3n) is 2.98. The number of carbonyl (C=O) groups is 1. The average Bonchev–Trinajstić information content (AvgIpc) is 2.41. The summed E-state index contributed by atoms with van der Waals surface area (Å²) in [5, 5.41) is 0. The molecule has 0 saturated carbocycles. The van der Waals surface area contributed by atoms with E-state index in [-0.39, 0.29) is 0 Å². The Morgan fingerprint density at radius 1 is 1.16 bits per heavy atom. The van der Waals surface area contributed by atoms with Crippen molar-refractivity contribution in [3.8, 4) is 11.5 Å². The fraction of sp³-hybridized carbons (Fsp3) is 0.562. The molecule has 0 saturated heterocycles. The SMILES string of the molecule is CCCC(=O)CCCc1ccc(OCC)c(OC)c1. The molecule has 0 N–H and O–H groups in total. The van der Waals surface area contributed by atoms with Gasteiger partial charge in [0, 0.05) is 12.8 Å². The fourth-order valence-electron chi connectivity index (χ4n) is 2.04. The minimum absolute atomic E-state index is 0.361. The number of rotatable bonds is 9. The van der Waals surface area contributed by atoms with Crippen molar-refractivity contribution < 1.29 is 14.3 Å². The zero-order chi connectivity index (χ0) is 14.1. The van der Waals surface area contributed by atoms with Gasteiger partial charge in [-0.25, -0.2) is 0 Å². The first-order valence-corrected chi connectivity index (χ1v) is 7.02. The Morgan fingerprint density at radius 3 is 2.58 bits per heavy atom. The Labute approximate surface area is 115 Å². The summed E-state index contributed by atoms with van der Waals surface area (Å²) in [5.74, 6) is 1.90. The average molecular weight is 264 g/mol. The molecule has 0 atom stereocenters. The lowest BCUT2D eigenvalue weighted by molar-refractivity contribution is -0.119. The second-order valence-electron chi connectivity index (χ2n) is 4.56. The van der Waals surface area contributed by atoms with Crippen LogP contribution in [0.2, 0.25) is 0 Å². The Balaban J connectivity index is 2.52. The van der Waals surface area contributed by atoms with Gasteiger partial charge in [0.15, 0.2) is 11.5 Å². The van der Waals surface area contributed by atoms with Gasteiger partial charge >= 0.3 is 0 Å². The predicted octanol–water partition coefficient (Wildman–Crippen LogP) is 3.79. The molecule has 1 aromatic rings. The van der Waals surface area contributed by atoms with E-state index >= 15 is 0 Å². The molecule has 0 heterocycles. The number of hydrogen-bond acceptors (Lipinski definition) is 3. The van der Waals surface area contributed by atoms with Gasteiger partial charge in [0.05, 0.1) is 13.7 Å². The normalized spacial score (nSPS) is 10.3. The summed E-state index contributed by atoms with van der Waals surface area (Å²) in [7, 11) is 1.65. The topological polar surface area (TPSA) is 35.5 Å². The van der Waals surface area contributed by atoms with Crippen LogP contribution in [0, 0.1) is 0 Å². The summed E-state index contributed by atoms with van der Waals surface area (Å²) in [5.41, 5.74) is 1.18. The van der Waals surface area contributed by atoms with E-state index < -0.39 is 0 Å². The fourth-order valence-corrected chi connectivity index (χ4v) is 2.04. The van der Waals surface area contributed by atoms with Crippen molar-refractivity contribution in [2.45, 2.75) is 46.0 Å². The van der Waals surface area contributed by atoms with Crippen LogP contribution < -0.4 is 9.47 Å². The molecular formula is C16H24O3. The van der Waals surface area contributed by atoms with E-state index in [4.69, 9.17) is 9.47 Å². The number of aryl methyl sites for hydroxylation is 1. The smallest absolute Gasteiger partial charge is 0.161 e. The third-order valence-corrected chi connectivity index (χ3v) is 2.98. The first-order valence-electron chi connectivity index (χ1n) is 7.02. The molecule has 0 amide bonds. The lowest BCUT2D eigenvalue weighted by Gasteiger charge is -2.10. The van der Waals surface area contributed by atoms with Crippen molar-refractivity contribution >= 4 is 5.78 Å². The molecule has 1 rings (SSSR count). The highest BCUT2D eigenvalue weighted by Crippen LogP contribution is 2.28. The van der Waals surface area contributed by atoms with Crippen molar-refractivity contribution in [3.05, 3.63) is 23.8 Å². The van der Waals surface area contributed by atoms with Gasteiger partial charge in [-0.05, 0) is 43.9 Å². The number of Topliss-reactive ketones (excluding diaryl/α,β-unsaturated/α-hetero) is 1. The number of ether oxygens (including phenoxy) is 2. The van der Waals surface area contributed by atoms with Crippen LogP contribution >= 0.6 is 0 Å². The first kappa shape index (κ1) is 15.5. The van der Waals surface area contributed by atoms with Gasteiger partial charge in [-0.2, -0.15) is 0 Å². The van der Waals surface area contributed by atoms with Gasteiger partial charge in [-0.15, -0.1) is 0 Å². The molecule has 0 radical (unpaired) electrons. The Kier molecular flexibility index (Phi) is 7.01. The Hall–Kier alpha value is -1.51. The molecule has 19 heavy (non-hydrogen) atoms. The van der Waals surface area contributed by atoms with Gasteiger partial charge in [-0.1, -0.05) is 13.0 Å². The van der Waals surface area contributed by atoms with Crippen LogP contribution in [-0.2, 0) is 11.2 Å². The molecular weight excluding hydrogens is 240 g/mol. The van der Waals surface area contributed by atoms with Crippen molar-refractivity contribution in [3.63, 3.8) is 0 Å². The molecule has 0 aliphatic carbocycles. The second-order valence-corrected chi connectivity index (χ2v) is 4.56. The van der Waals surface area contributed by atoms with Gasteiger partial charge in [0.25, 0.3) is 0 Å². The summed E-state index contributed by atoms with van der Waals surface area (Å²) >= 11 is 0. The lowest BCUT2D eigenvalue weighted by atomic mass is 10.0. The van der Waals surface area contributed by atoms with Crippen LogP contribution in [0.4, 0.5) is 0 Å². The number of carbonyl (C=O) groups excluding carboxylic acids is 1. The zero-order valence-electron chi connectivity index (χ0n) is 12.2. The van der Waals surface area contributed by atoms with E-state index in [9.17, 15) is 4.79 Å². The maximum absolute atomic E-state index is 11.5. The molecule has 106 valence electrons. The molecule has 0 aliphatic rings. The molecule has 0 aromatic heterocycles. The standard InChI is InChI=1S/C16H24O3/c1-4-7-14(17)9-6-8-13-10-11-15(19-5-2)16(12-13)18-3/h10-12H,4-9H2,1-3H3.